The summed E-state index contributed by atoms with van der Waals surface area (Å²) in [5.41, 5.74) is 5.20. The van der Waals surface area contributed by atoms with Crippen molar-refractivity contribution in [3.8, 4) is 0 Å². The zero-order valence-electron chi connectivity index (χ0n) is 12.4. The maximum atomic E-state index is 12.9. The summed E-state index contributed by atoms with van der Waals surface area (Å²) < 4.78 is 5.36. The monoisotopic (exact) mass is 286 g/mol. The van der Waals surface area contributed by atoms with Crippen molar-refractivity contribution in [2.75, 3.05) is 19.8 Å². The molecule has 0 radical (unpaired) electrons. The summed E-state index contributed by atoms with van der Waals surface area (Å²) >= 11 is 5.20. The quantitative estimate of drug-likeness (QED) is 0.785. The van der Waals surface area contributed by atoms with Crippen LogP contribution in [0.2, 0.25) is 0 Å². The Hall–Kier alpha value is -0.680. The van der Waals surface area contributed by atoms with Gasteiger partial charge in [0.2, 0.25) is 5.91 Å². The minimum absolute atomic E-state index is 0.0759. The van der Waals surface area contributed by atoms with E-state index in [1.165, 1.54) is 0 Å². The van der Waals surface area contributed by atoms with E-state index in [0.717, 1.165) is 6.54 Å². The van der Waals surface area contributed by atoms with E-state index in [1.54, 1.807) is 0 Å². The number of hydrogen-bond donors (Lipinski definition) is 1. The molecule has 4 nitrogen and oxygen atoms in total. The van der Waals surface area contributed by atoms with Gasteiger partial charge in [-0.25, -0.2) is 0 Å². The van der Waals surface area contributed by atoms with Gasteiger partial charge in [0, 0.05) is 25.8 Å². The predicted molar refractivity (Wildman–Crippen MR) is 81.0 cm³/mol. The predicted octanol–water partition coefficient (Wildman–Crippen LogP) is 1.96. The van der Waals surface area contributed by atoms with E-state index >= 15 is 0 Å². The SMILES string of the molecule is CC(C)CN(C(=O)C1(C(N)=S)CCOCC1)C(C)C. The number of hydrogen-bond acceptors (Lipinski definition) is 3. The molecule has 19 heavy (non-hydrogen) atoms. The van der Waals surface area contributed by atoms with Gasteiger partial charge in [-0.05, 0) is 32.6 Å². The highest BCUT2D eigenvalue weighted by molar-refractivity contribution is 7.80. The summed E-state index contributed by atoms with van der Waals surface area (Å²) in [6.07, 6.45) is 1.20. The molecule has 0 aliphatic carbocycles. The van der Waals surface area contributed by atoms with Crippen molar-refractivity contribution >= 4 is 23.1 Å². The van der Waals surface area contributed by atoms with E-state index in [1.807, 2.05) is 18.7 Å². The second-order valence-electron chi connectivity index (χ2n) is 6.00. The second kappa shape index (κ2) is 6.66. The summed E-state index contributed by atoms with van der Waals surface area (Å²) in [6.45, 7) is 10.1. The van der Waals surface area contributed by atoms with Crippen LogP contribution in [0.5, 0.6) is 0 Å². The average molecular weight is 286 g/mol. The molecule has 110 valence electrons. The van der Waals surface area contributed by atoms with Crippen molar-refractivity contribution < 1.29 is 9.53 Å². The lowest BCUT2D eigenvalue weighted by molar-refractivity contribution is -0.144. The van der Waals surface area contributed by atoms with Crippen LogP contribution in [-0.4, -0.2) is 41.6 Å². The molecule has 0 atom stereocenters. The van der Waals surface area contributed by atoms with Crippen molar-refractivity contribution in [2.24, 2.45) is 17.1 Å². The number of amides is 1. The molecular weight excluding hydrogens is 260 g/mol. The van der Waals surface area contributed by atoms with Crippen LogP contribution in [0.15, 0.2) is 0 Å². The van der Waals surface area contributed by atoms with Gasteiger partial charge < -0.3 is 15.4 Å². The van der Waals surface area contributed by atoms with Gasteiger partial charge in [0.15, 0.2) is 0 Å². The Morgan fingerprint density at radius 3 is 2.21 bits per heavy atom. The van der Waals surface area contributed by atoms with E-state index in [9.17, 15) is 4.79 Å². The fraction of sp³-hybridized carbons (Fsp3) is 0.857. The van der Waals surface area contributed by atoms with Crippen LogP contribution < -0.4 is 5.73 Å². The fourth-order valence-corrected chi connectivity index (χ4v) is 2.77. The van der Waals surface area contributed by atoms with Crippen LogP contribution in [0.4, 0.5) is 0 Å². The Morgan fingerprint density at radius 2 is 1.84 bits per heavy atom. The molecule has 1 fully saturated rings. The first-order valence-corrected chi connectivity index (χ1v) is 7.41. The van der Waals surface area contributed by atoms with Crippen molar-refractivity contribution in [3.63, 3.8) is 0 Å². The van der Waals surface area contributed by atoms with Gasteiger partial charge >= 0.3 is 0 Å². The number of rotatable bonds is 5. The molecular formula is C14H26N2O2S. The number of nitrogens with two attached hydrogens (primary N) is 1. The van der Waals surface area contributed by atoms with Gasteiger partial charge in [0.25, 0.3) is 0 Å². The van der Waals surface area contributed by atoms with Crippen LogP contribution in [0.3, 0.4) is 0 Å². The molecule has 0 saturated carbocycles. The van der Waals surface area contributed by atoms with Crippen LogP contribution in [0.1, 0.15) is 40.5 Å². The van der Waals surface area contributed by atoms with Gasteiger partial charge in [0.1, 0.15) is 5.41 Å². The third kappa shape index (κ3) is 3.66. The summed E-state index contributed by atoms with van der Waals surface area (Å²) in [7, 11) is 0. The standard InChI is InChI=1S/C14H26N2O2S/c1-10(2)9-16(11(3)4)13(17)14(12(15)19)5-7-18-8-6-14/h10-11H,5-9H2,1-4H3,(H2,15,19). The summed E-state index contributed by atoms with van der Waals surface area (Å²) in [6, 6.07) is 0.156. The molecule has 0 aromatic carbocycles. The Labute approximate surface area is 121 Å². The van der Waals surface area contributed by atoms with Gasteiger partial charge in [-0.15, -0.1) is 0 Å². The molecule has 1 rings (SSSR count). The van der Waals surface area contributed by atoms with Crippen molar-refractivity contribution in [1.82, 2.24) is 4.90 Å². The van der Waals surface area contributed by atoms with E-state index in [-0.39, 0.29) is 11.9 Å². The lowest BCUT2D eigenvalue weighted by Gasteiger charge is -2.41. The number of thiocarbonyl (C=S) groups is 1. The van der Waals surface area contributed by atoms with E-state index < -0.39 is 5.41 Å². The molecule has 1 heterocycles. The normalized spacial score (nSPS) is 18.6. The second-order valence-corrected chi connectivity index (χ2v) is 6.44. The van der Waals surface area contributed by atoms with Crippen LogP contribution in [0, 0.1) is 11.3 Å². The van der Waals surface area contributed by atoms with Gasteiger partial charge in [0.05, 0.1) is 4.99 Å². The van der Waals surface area contributed by atoms with Crippen LogP contribution in [-0.2, 0) is 9.53 Å². The summed E-state index contributed by atoms with van der Waals surface area (Å²) in [5, 5.41) is 0. The molecule has 0 spiro atoms. The molecule has 1 amide bonds. The minimum Gasteiger partial charge on any atom is -0.392 e. The average Bonchev–Trinajstić information content (AvgIpc) is 2.35. The molecule has 5 heteroatoms. The fourth-order valence-electron chi connectivity index (χ4n) is 2.48. The van der Waals surface area contributed by atoms with E-state index in [0.29, 0.717) is 37.0 Å². The molecule has 2 N–H and O–H groups in total. The zero-order chi connectivity index (χ0) is 14.6. The summed E-state index contributed by atoms with van der Waals surface area (Å²) in [5.74, 6) is 0.501. The number of nitrogens with zero attached hydrogens (tertiary/aromatic N) is 1. The first-order chi connectivity index (χ1) is 8.81. The number of carbonyl (C=O) groups is 1. The topological polar surface area (TPSA) is 55.6 Å². The molecule has 1 aliphatic heterocycles. The van der Waals surface area contributed by atoms with Gasteiger partial charge in [-0.3, -0.25) is 4.79 Å². The highest BCUT2D eigenvalue weighted by atomic mass is 32.1. The van der Waals surface area contributed by atoms with Crippen molar-refractivity contribution in [1.29, 1.82) is 0 Å². The lowest BCUT2D eigenvalue weighted by atomic mass is 9.78. The Bertz CT molecular complexity index is 336. The van der Waals surface area contributed by atoms with Gasteiger partial charge in [-0.1, -0.05) is 26.1 Å². The Morgan fingerprint density at radius 1 is 1.32 bits per heavy atom. The minimum atomic E-state index is -0.702. The molecule has 0 unspecified atom stereocenters. The first kappa shape index (κ1) is 16.4. The molecule has 1 saturated heterocycles. The molecule has 0 aromatic rings. The number of carbonyl (C=O) groups excluding carboxylic acids is 1. The molecule has 0 aromatic heterocycles. The highest BCUT2D eigenvalue weighted by Crippen LogP contribution is 2.34. The van der Waals surface area contributed by atoms with Crippen molar-refractivity contribution in [2.45, 2.75) is 46.6 Å². The van der Waals surface area contributed by atoms with Crippen LogP contribution >= 0.6 is 12.2 Å². The van der Waals surface area contributed by atoms with E-state index in [4.69, 9.17) is 22.7 Å². The largest absolute Gasteiger partial charge is 0.392 e. The number of ether oxygens (including phenoxy) is 1. The maximum absolute atomic E-state index is 12.9. The highest BCUT2D eigenvalue weighted by Gasteiger charge is 2.45. The third-order valence-electron chi connectivity index (χ3n) is 3.67. The van der Waals surface area contributed by atoms with E-state index in [2.05, 4.69) is 13.8 Å². The smallest absolute Gasteiger partial charge is 0.236 e. The lowest BCUT2D eigenvalue weighted by Crippen LogP contribution is -2.55. The molecule has 1 aliphatic rings. The summed E-state index contributed by atoms with van der Waals surface area (Å²) in [4.78, 5) is 15.2. The zero-order valence-corrected chi connectivity index (χ0v) is 13.3. The van der Waals surface area contributed by atoms with Crippen molar-refractivity contribution in [3.05, 3.63) is 0 Å². The third-order valence-corrected chi connectivity index (χ3v) is 4.06. The maximum Gasteiger partial charge on any atom is 0.236 e. The Balaban J connectivity index is 2.99. The molecule has 0 bridgehead atoms. The Kier molecular flexibility index (Phi) is 5.74. The first-order valence-electron chi connectivity index (χ1n) is 7.00. The van der Waals surface area contributed by atoms with Crippen LogP contribution in [0.25, 0.3) is 0 Å². The van der Waals surface area contributed by atoms with Gasteiger partial charge in [-0.2, -0.15) is 0 Å².